The number of hydrogen-bond donors (Lipinski definition) is 2. The number of carbonyl (C=O) groups is 3. The second kappa shape index (κ2) is 14.1. The molecular weight excluding hydrogens is 520 g/mol. The van der Waals surface area contributed by atoms with Crippen molar-refractivity contribution in [3.8, 4) is 11.8 Å². The number of ether oxygens (including phenoxy) is 2. The summed E-state index contributed by atoms with van der Waals surface area (Å²) in [6.45, 7) is 2.71. The van der Waals surface area contributed by atoms with E-state index in [1.165, 1.54) is 0 Å². The van der Waals surface area contributed by atoms with E-state index < -0.39 is 24.2 Å². The van der Waals surface area contributed by atoms with Gasteiger partial charge in [-0.15, -0.1) is 0 Å². The molecule has 3 N–H and O–H groups in total. The molecule has 41 heavy (non-hydrogen) atoms. The Morgan fingerprint density at radius 1 is 1.05 bits per heavy atom. The molecule has 2 amide bonds. The minimum absolute atomic E-state index is 0.225. The molecule has 3 atom stereocenters. The Labute approximate surface area is 239 Å². The van der Waals surface area contributed by atoms with Crippen molar-refractivity contribution >= 4 is 17.8 Å². The molecule has 1 saturated heterocycles. The van der Waals surface area contributed by atoms with Gasteiger partial charge in [-0.2, -0.15) is 5.26 Å². The molecule has 0 aliphatic carbocycles. The second-order valence-electron chi connectivity index (χ2n) is 9.79. The van der Waals surface area contributed by atoms with E-state index in [1.807, 2.05) is 30.3 Å². The standard InChI is InChI=1S/C32H34N4O5/c1-2-40-32(39)29(23-9-4-3-5-10-23)41-26-16-14-22(15-17-26)21-35-30(37)28-13-8-18-36(28)31(38)27(34)19-24-11-6-7-12-25(24)20-33/h3-7,9-12,14-17,27-29H,2,8,13,18-19,21,34H2,1H3,(H,35,37)/t27-,28-,29?/m0/s1. The molecular formula is C32H34N4O5. The molecule has 1 aliphatic heterocycles. The number of benzene rings is 3. The van der Waals surface area contributed by atoms with Crippen molar-refractivity contribution in [2.45, 2.75) is 50.9 Å². The molecule has 1 aliphatic rings. The van der Waals surface area contributed by atoms with Gasteiger partial charge in [0.2, 0.25) is 17.9 Å². The number of rotatable bonds is 11. The van der Waals surface area contributed by atoms with E-state index >= 15 is 0 Å². The molecule has 0 aromatic heterocycles. The summed E-state index contributed by atoms with van der Waals surface area (Å²) in [5.41, 5.74) is 8.94. The van der Waals surface area contributed by atoms with Gasteiger partial charge in [0.05, 0.1) is 24.3 Å². The summed E-state index contributed by atoms with van der Waals surface area (Å²) in [7, 11) is 0. The first-order chi connectivity index (χ1) is 19.9. The molecule has 0 spiro atoms. The molecule has 9 nitrogen and oxygen atoms in total. The van der Waals surface area contributed by atoms with Crippen molar-refractivity contribution in [2.75, 3.05) is 13.2 Å². The molecule has 3 aromatic carbocycles. The quantitative estimate of drug-likeness (QED) is 0.347. The van der Waals surface area contributed by atoms with Crippen LogP contribution in [0.4, 0.5) is 0 Å². The SMILES string of the molecule is CCOC(=O)C(Oc1ccc(CNC(=O)[C@@H]2CCCN2C(=O)[C@@H](N)Cc2ccccc2C#N)cc1)c1ccccc1. The number of nitrogens with one attached hydrogen (secondary N) is 1. The van der Waals surface area contributed by atoms with Crippen molar-refractivity contribution in [2.24, 2.45) is 5.73 Å². The monoisotopic (exact) mass is 554 g/mol. The van der Waals surface area contributed by atoms with Crippen molar-refractivity contribution in [3.05, 3.63) is 101 Å². The van der Waals surface area contributed by atoms with Gasteiger partial charge >= 0.3 is 5.97 Å². The lowest BCUT2D eigenvalue weighted by Gasteiger charge is -2.27. The molecule has 0 saturated carbocycles. The van der Waals surface area contributed by atoms with Crippen LogP contribution in [0.2, 0.25) is 0 Å². The highest BCUT2D eigenvalue weighted by Gasteiger charge is 2.36. The third-order valence-corrected chi connectivity index (χ3v) is 6.98. The molecule has 0 bridgehead atoms. The number of nitrogens with two attached hydrogens (primary N) is 1. The van der Waals surface area contributed by atoms with Crippen molar-refractivity contribution in [1.29, 1.82) is 5.26 Å². The van der Waals surface area contributed by atoms with Crippen LogP contribution in [0, 0.1) is 11.3 Å². The zero-order chi connectivity index (χ0) is 29.2. The van der Waals surface area contributed by atoms with Crippen molar-refractivity contribution in [3.63, 3.8) is 0 Å². The number of carbonyl (C=O) groups excluding carboxylic acids is 3. The highest BCUT2D eigenvalue weighted by atomic mass is 16.6. The van der Waals surface area contributed by atoms with E-state index in [2.05, 4.69) is 11.4 Å². The van der Waals surface area contributed by atoms with Crippen molar-refractivity contribution < 1.29 is 23.9 Å². The summed E-state index contributed by atoms with van der Waals surface area (Å²) in [4.78, 5) is 40.3. The lowest BCUT2D eigenvalue weighted by molar-refractivity contribution is -0.151. The normalized spacial score (nSPS) is 15.8. The van der Waals surface area contributed by atoms with Gasteiger partial charge in [-0.1, -0.05) is 60.7 Å². The first-order valence-corrected chi connectivity index (χ1v) is 13.7. The van der Waals surface area contributed by atoms with Crippen LogP contribution in [0.15, 0.2) is 78.9 Å². The van der Waals surface area contributed by atoms with Crippen LogP contribution in [0.1, 0.15) is 48.1 Å². The summed E-state index contributed by atoms with van der Waals surface area (Å²) in [5, 5.41) is 12.2. The lowest BCUT2D eigenvalue weighted by atomic mass is 10.0. The van der Waals surface area contributed by atoms with E-state index in [4.69, 9.17) is 15.2 Å². The number of nitrogens with zero attached hydrogens (tertiary/aromatic N) is 2. The van der Waals surface area contributed by atoms with E-state index in [0.717, 1.165) is 5.56 Å². The predicted octanol–water partition coefficient (Wildman–Crippen LogP) is 3.42. The van der Waals surface area contributed by atoms with Gasteiger partial charge in [-0.05, 0) is 55.5 Å². The Bertz CT molecular complexity index is 1390. The number of likely N-dealkylation sites (tertiary alicyclic amines) is 1. The maximum atomic E-state index is 13.1. The smallest absolute Gasteiger partial charge is 0.352 e. The largest absolute Gasteiger partial charge is 0.474 e. The van der Waals surface area contributed by atoms with Gasteiger partial charge in [-0.3, -0.25) is 9.59 Å². The predicted molar refractivity (Wildman–Crippen MR) is 152 cm³/mol. The fraction of sp³-hybridized carbons (Fsp3) is 0.312. The maximum Gasteiger partial charge on any atom is 0.352 e. The van der Waals surface area contributed by atoms with E-state index in [0.29, 0.717) is 41.8 Å². The van der Waals surface area contributed by atoms with Gasteiger partial charge in [0.1, 0.15) is 11.8 Å². The highest BCUT2D eigenvalue weighted by molar-refractivity contribution is 5.90. The summed E-state index contributed by atoms with van der Waals surface area (Å²) in [6, 6.07) is 24.0. The van der Waals surface area contributed by atoms with Crippen LogP contribution < -0.4 is 15.8 Å². The average molecular weight is 555 g/mol. The zero-order valence-corrected chi connectivity index (χ0v) is 23.0. The summed E-state index contributed by atoms with van der Waals surface area (Å²) < 4.78 is 11.1. The van der Waals surface area contributed by atoms with Crippen LogP contribution >= 0.6 is 0 Å². The Balaban J connectivity index is 1.33. The third-order valence-electron chi connectivity index (χ3n) is 6.98. The molecule has 3 aromatic rings. The van der Waals surface area contributed by atoms with Gasteiger partial charge in [0, 0.05) is 18.7 Å². The number of hydrogen-bond acceptors (Lipinski definition) is 7. The Hall–Kier alpha value is -4.68. The topological polar surface area (TPSA) is 135 Å². The molecule has 1 fully saturated rings. The molecule has 9 heteroatoms. The molecule has 1 unspecified atom stereocenters. The molecule has 1 heterocycles. The Morgan fingerprint density at radius 2 is 1.76 bits per heavy atom. The Kier molecular flexibility index (Phi) is 10.1. The highest BCUT2D eigenvalue weighted by Crippen LogP contribution is 2.24. The summed E-state index contributed by atoms with van der Waals surface area (Å²) >= 11 is 0. The van der Waals surface area contributed by atoms with Crippen LogP contribution in [0.3, 0.4) is 0 Å². The minimum atomic E-state index is -0.896. The van der Waals surface area contributed by atoms with E-state index in [-0.39, 0.29) is 31.4 Å². The first-order valence-electron chi connectivity index (χ1n) is 13.7. The first kappa shape index (κ1) is 29.3. The van der Waals surface area contributed by atoms with Gasteiger partial charge in [0.25, 0.3) is 0 Å². The summed E-state index contributed by atoms with van der Waals surface area (Å²) in [5.74, 6) is -0.528. The number of amides is 2. The zero-order valence-electron chi connectivity index (χ0n) is 23.0. The minimum Gasteiger partial charge on any atom is -0.474 e. The number of nitriles is 1. The van der Waals surface area contributed by atoms with Crippen LogP contribution in [-0.4, -0.2) is 47.9 Å². The molecule has 4 rings (SSSR count). The van der Waals surface area contributed by atoms with E-state index in [9.17, 15) is 19.6 Å². The van der Waals surface area contributed by atoms with Gasteiger partial charge < -0.3 is 25.4 Å². The second-order valence-corrected chi connectivity index (χ2v) is 9.79. The van der Waals surface area contributed by atoms with Crippen LogP contribution in [-0.2, 0) is 32.1 Å². The fourth-order valence-corrected chi connectivity index (χ4v) is 4.87. The lowest BCUT2D eigenvalue weighted by Crippen LogP contribution is -2.51. The summed E-state index contributed by atoms with van der Waals surface area (Å²) in [6.07, 6.45) is 0.594. The van der Waals surface area contributed by atoms with E-state index in [1.54, 1.807) is 60.4 Å². The third kappa shape index (κ3) is 7.50. The average Bonchev–Trinajstić information content (AvgIpc) is 3.50. The van der Waals surface area contributed by atoms with Crippen LogP contribution in [0.25, 0.3) is 0 Å². The Morgan fingerprint density at radius 3 is 2.46 bits per heavy atom. The van der Waals surface area contributed by atoms with Crippen LogP contribution in [0.5, 0.6) is 5.75 Å². The fourth-order valence-electron chi connectivity index (χ4n) is 4.87. The van der Waals surface area contributed by atoms with Gasteiger partial charge in [-0.25, -0.2) is 4.79 Å². The van der Waals surface area contributed by atoms with Crippen molar-refractivity contribution in [1.82, 2.24) is 10.2 Å². The molecule has 212 valence electrons. The maximum absolute atomic E-state index is 13.1. The number of esters is 1. The van der Waals surface area contributed by atoms with Gasteiger partial charge in [0.15, 0.2) is 0 Å². The molecule has 0 radical (unpaired) electrons.